The van der Waals surface area contributed by atoms with Gasteiger partial charge in [0.2, 0.25) is 0 Å². The highest BCUT2D eigenvalue weighted by Gasteiger charge is 2.38. The molecule has 14 heavy (non-hydrogen) atoms. The van der Waals surface area contributed by atoms with Crippen molar-refractivity contribution in [3.63, 3.8) is 0 Å². The van der Waals surface area contributed by atoms with Crippen LogP contribution in [0.25, 0.3) is 0 Å². The lowest BCUT2D eigenvalue weighted by Gasteiger charge is -2.39. The van der Waals surface area contributed by atoms with Gasteiger partial charge in [-0.05, 0) is 13.8 Å². The summed E-state index contributed by atoms with van der Waals surface area (Å²) in [5.74, 6) is 0.116. The number of rotatable bonds is 4. The van der Waals surface area contributed by atoms with E-state index in [1.807, 2.05) is 13.8 Å². The van der Waals surface area contributed by atoms with E-state index < -0.39 is 10.2 Å². The molecular weight excluding hydrogens is 204 g/mol. The van der Waals surface area contributed by atoms with E-state index in [1.54, 1.807) is 7.05 Å². The smallest absolute Gasteiger partial charge is 0.281 e. The minimum Gasteiger partial charge on any atom is -0.396 e. The van der Waals surface area contributed by atoms with Crippen molar-refractivity contribution >= 4 is 10.2 Å². The fourth-order valence-electron chi connectivity index (χ4n) is 1.27. The molecule has 1 N–H and O–H groups in total. The van der Waals surface area contributed by atoms with E-state index in [0.717, 1.165) is 0 Å². The van der Waals surface area contributed by atoms with Gasteiger partial charge in [-0.3, -0.25) is 0 Å². The molecule has 0 unspecified atom stereocenters. The molecule has 1 aliphatic rings. The van der Waals surface area contributed by atoms with Crippen molar-refractivity contribution < 1.29 is 13.5 Å². The first-order valence-electron chi connectivity index (χ1n) is 4.73. The van der Waals surface area contributed by atoms with E-state index in [2.05, 4.69) is 0 Å². The van der Waals surface area contributed by atoms with Gasteiger partial charge in [0.25, 0.3) is 10.2 Å². The van der Waals surface area contributed by atoms with Gasteiger partial charge in [-0.1, -0.05) is 0 Å². The van der Waals surface area contributed by atoms with Crippen LogP contribution in [0.1, 0.15) is 13.8 Å². The predicted molar refractivity (Wildman–Crippen MR) is 54.0 cm³/mol. The van der Waals surface area contributed by atoms with Crippen LogP contribution in [0.15, 0.2) is 0 Å². The fraction of sp³-hybridized carbons (Fsp3) is 1.00. The fourth-order valence-corrected chi connectivity index (χ4v) is 2.97. The summed E-state index contributed by atoms with van der Waals surface area (Å²) in [6.45, 7) is 4.62. The molecule has 1 rings (SSSR count). The maximum Gasteiger partial charge on any atom is 0.281 e. The summed E-state index contributed by atoms with van der Waals surface area (Å²) in [5.41, 5.74) is 0. The van der Waals surface area contributed by atoms with E-state index in [-0.39, 0.29) is 18.6 Å². The van der Waals surface area contributed by atoms with Crippen molar-refractivity contribution in [2.45, 2.75) is 19.9 Å². The van der Waals surface area contributed by atoms with Crippen molar-refractivity contribution in [1.82, 2.24) is 8.61 Å². The zero-order chi connectivity index (χ0) is 10.9. The Morgan fingerprint density at radius 2 is 2.00 bits per heavy atom. The van der Waals surface area contributed by atoms with E-state index >= 15 is 0 Å². The maximum atomic E-state index is 11.8. The van der Waals surface area contributed by atoms with Crippen LogP contribution in [-0.2, 0) is 10.2 Å². The normalized spacial score (nSPS) is 20.4. The van der Waals surface area contributed by atoms with Crippen molar-refractivity contribution in [3.05, 3.63) is 0 Å². The van der Waals surface area contributed by atoms with E-state index in [4.69, 9.17) is 5.11 Å². The van der Waals surface area contributed by atoms with Gasteiger partial charge in [-0.25, -0.2) is 0 Å². The van der Waals surface area contributed by atoms with Crippen LogP contribution >= 0.6 is 0 Å². The Bertz CT molecular complexity index is 283. The second-order valence-electron chi connectivity index (χ2n) is 3.98. The third-order valence-electron chi connectivity index (χ3n) is 2.60. The van der Waals surface area contributed by atoms with Crippen molar-refractivity contribution in [1.29, 1.82) is 0 Å². The van der Waals surface area contributed by atoms with Crippen LogP contribution in [0, 0.1) is 5.92 Å². The van der Waals surface area contributed by atoms with Gasteiger partial charge in [0.1, 0.15) is 0 Å². The minimum absolute atomic E-state index is 0.0341. The lowest BCUT2D eigenvalue weighted by Crippen LogP contribution is -2.56. The first-order valence-corrected chi connectivity index (χ1v) is 6.13. The Balaban J connectivity index is 2.60. The molecule has 0 saturated carbocycles. The average Bonchev–Trinajstić information content (AvgIpc) is 2.00. The van der Waals surface area contributed by atoms with Crippen LogP contribution < -0.4 is 0 Å². The van der Waals surface area contributed by atoms with Crippen molar-refractivity contribution in [2.75, 3.05) is 26.7 Å². The Morgan fingerprint density at radius 1 is 1.50 bits per heavy atom. The first-order chi connectivity index (χ1) is 6.39. The first kappa shape index (κ1) is 11.9. The molecule has 1 heterocycles. The van der Waals surface area contributed by atoms with Gasteiger partial charge in [0.05, 0.1) is 0 Å². The molecule has 1 fully saturated rings. The molecule has 0 aromatic rings. The van der Waals surface area contributed by atoms with Gasteiger partial charge >= 0.3 is 0 Å². The molecule has 0 bridgehead atoms. The van der Waals surface area contributed by atoms with Gasteiger partial charge in [-0.2, -0.15) is 17.0 Å². The summed E-state index contributed by atoms with van der Waals surface area (Å²) in [6.07, 6.45) is 0. The lowest BCUT2D eigenvalue weighted by molar-refractivity contribution is 0.111. The maximum absolute atomic E-state index is 11.8. The molecule has 0 amide bonds. The SMILES string of the molecule is CC(C)N(C)S(=O)(=O)N1CC(CO)C1. The molecule has 6 heteroatoms. The molecule has 1 aliphatic heterocycles. The van der Waals surface area contributed by atoms with Gasteiger partial charge in [-0.15, -0.1) is 0 Å². The average molecular weight is 222 g/mol. The van der Waals surface area contributed by atoms with Crippen LogP contribution in [-0.4, -0.2) is 54.9 Å². The second kappa shape index (κ2) is 4.14. The molecule has 0 aromatic heterocycles. The number of hydrogen-bond donors (Lipinski definition) is 1. The van der Waals surface area contributed by atoms with E-state index in [1.165, 1.54) is 8.61 Å². The van der Waals surface area contributed by atoms with Crippen molar-refractivity contribution in [2.24, 2.45) is 5.92 Å². The zero-order valence-electron chi connectivity index (χ0n) is 8.84. The van der Waals surface area contributed by atoms with E-state index in [0.29, 0.717) is 13.1 Å². The van der Waals surface area contributed by atoms with Gasteiger partial charge in [0.15, 0.2) is 0 Å². The van der Waals surface area contributed by atoms with Gasteiger partial charge < -0.3 is 5.11 Å². The highest BCUT2D eigenvalue weighted by atomic mass is 32.2. The van der Waals surface area contributed by atoms with Crippen LogP contribution in [0.3, 0.4) is 0 Å². The third kappa shape index (κ3) is 2.08. The molecule has 0 spiro atoms. The summed E-state index contributed by atoms with van der Waals surface area (Å²) < 4.78 is 26.3. The molecular formula is C8H18N2O3S. The monoisotopic (exact) mass is 222 g/mol. The molecule has 5 nitrogen and oxygen atoms in total. The van der Waals surface area contributed by atoms with Gasteiger partial charge in [0, 0.05) is 38.7 Å². The quantitative estimate of drug-likeness (QED) is 0.697. The lowest BCUT2D eigenvalue weighted by atomic mass is 10.1. The molecule has 0 atom stereocenters. The highest BCUT2D eigenvalue weighted by Crippen LogP contribution is 2.21. The molecule has 84 valence electrons. The number of hydrogen-bond acceptors (Lipinski definition) is 3. The summed E-state index contributed by atoms with van der Waals surface area (Å²) in [4.78, 5) is 0. The van der Waals surface area contributed by atoms with Crippen molar-refractivity contribution in [3.8, 4) is 0 Å². The Hall–Kier alpha value is -0.170. The topological polar surface area (TPSA) is 60.9 Å². The molecule has 0 radical (unpaired) electrons. The summed E-state index contributed by atoms with van der Waals surface area (Å²) in [6, 6.07) is -0.0341. The Kier molecular flexibility index (Phi) is 3.52. The summed E-state index contributed by atoms with van der Waals surface area (Å²) >= 11 is 0. The molecule has 0 aromatic carbocycles. The Morgan fingerprint density at radius 3 is 2.36 bits per heavy atom. The van der Waals surface area contributed by atoms with Crippen LogP contribution in [0.5, 0.6) is 0 Å². The van der Waals surface area contributed by atoms with E-state index in [9.17, 15) is 8.42 Å². The largest absolute Gasteiger partial charge is 0.396 e. The van der Waals surface area contributed by atoms with Crippen LogP contribution in [0.2, 0.25) is 0 Å². The summed E-state index contributed by atoms with van der Waals surface area (Å²) in [7, 11) is -1.71. The third-order valence-corrected chi connectivity index (χ3v) is 4.70. The zero-order valence-corrected chi connectivity index (χ0v) is 9.66. The Labute approximate surface area is 85.5 Å². The number of nitrogens with zero attached hydrogens (tertiary/aromatic N) is 2. The highest BCUT2D eigenvalue weighted by molar-refractivity contribution is 7.86. The number of aliphatic hydroxyl groups is 1. The second-order valence-corrected chi connectivity index (χ2v) is 5.97. The standard InChI is InChI=1S/C8H18N2O3S/c1-7(2)9(3)14(12,13)10-4-8(5-10)6-11/h7-8,11H,4-6H2,1-3H3. The molecule has 1 saturated heterocycles. The summed E-state index contributed by atoms with van der Waals surface area (Å²) in [5, 5.41) is 8.78. The molecule has 0 aliphatic carbocycles. The minimum atomic E-state index is -3.29. The van der Waals surface area contributed by atoms with Crippen LogP contribution in [0.4, 0.5) is 0 Å². The number of aliphatic hydroxyl groups excluding tert-OH is 1. The predicted octanol–water partition coefficient (Wildman–Crippen LogP) is -0.504.